The molecule has 0 aromatic heterocycles. The Kier molecular flexibility index (Phi) is 3.90. The topological polar surface area (TPSA) is 29.1 Å². The summed E-state index contributed by atoms with van der Waals surface area (Å²) in [5, 5.41) is 3.25. The number of alkyl halides is 1. The molecule has 0 aromatic carbocycles. The summed E-state index contributed by atoms with van der Waals surface area (Å²) in [5.74, 6) is 0.861. The van der Waals surface area contributed by atoms with E-state index in [1.165, 1.54) is 25.7 Å². The van der Waals surface area contributed by atoms with Gasteiger partial charge in [0.15, 0.2) is 0 Å². The summed E-state index contributed by atoms with van der Waals surface area (Å²) in [6.45, 7) is 0. The minimum atomic E-state index is 0.164. The molecule has 2 nitrogen and oxygen atoms in total. The maximum atomic E-state index is 11.7. The standard InChI is InChI=1S/C12H20ClNO/c13-10-6-3-7-11(10)14-12(15)8-9-4-1-2-5-9/h9-11H,1-8H2,(H,14,15). The number of carbonyl (C=O) groups excluding carboxylic acids is 1. The molecule has 0 spiro atoms. The molecule has 86 valence electrons. The number of rotatable bonds is 3. The highest BCUT2D eigenvalue weighted by Gasteiger charge is 2.27. The highest BCUT2D eigenvalue weighted by Crippen LogP contribution is 2.28. The third kappa shape index (κ3) is 3.10. The van der Waals surface area contributed by atoms with Gasteiger partial charge in [0.25, 0.3) is 0 Å². The molecule has 1 N–H and O–H groups in total. The normalized spacial score (nSPS) is 32.1. The predicted octanol–water partition coefficient (Wildman–Crippen LogP) is 2.84. The van der Waals surface area contributed by atoms with E-state index in [1.54, 1.807) is 0 Å². The first kappa shape index (κ1) is 11.3. The van der Waals surface area contributed by atoms with E-state index < -0.39 is 0 Å². The quantitative estimate of drug-likeness (QED) is 0.741. The van der Waals surface area contributed by atoms with Gasteiger partial charge >= 0.3 is 0 Å². The van der Waals surface area contributed by atoms with Crippen LogP contribution in [0.3, 0.4) is 0 Å². The molecule has 0 saturated heterocycles. The molecule has 2 aliphatic rings. The predicted molar refractivity (Wildman–Crippen MR) is 62.0 cm³/mol. The minimum absolute atomic E-state index is 0.164. The van der Waals surface area contributed by atoms with Crippen molar-refractivity contribution in [3.05, 3.63) is 0 Å². The van der Waals surface area contributed by atoms with E-state index >= 15 is 0 Å². The fraction of sp³-hybridized carbons (Fsp3) is 0.917. The third-order valence-corrected chi connectivity index (χ3v) is 4.25. The Bertz CT molecular complexity index is 226. The highest BCUT2D eigenvalue weighted by atomic mass is 35.5. The first-order valence-electron chi connectivity index (χ1n) is 6.19. The zero-order valence-electron chi connectivity index (χ0n) is 9.18. The van der Waals surface area contributed by atoms with E-state index in [0.717, 1.165) is 25.7 Å². The maximum Gasteiger partial charge on any atom is 0.220 e. The van der Waals surface area contributed by atoms with Crippen LogP contribution in [-0.2, 0) is 4.79 Å². The summed E-state index contributed by atoms with van der Waals surface area (Å²) in [5.41, 5.74) is 0. The number of hydrogen-bond acceptors (Lipinski definition) is 1. The second-order valence-corrected chi connectivity index (χ2v) is 5.54. The van der Waals surface area contributed by atoms with Crippen molar-refractivity contribution >= 4 is 17.5 Å². The van der Waals surface area contributed by atoms with Crippen LogP contribution in [0.25, 0.3) is 0 Å². The molecular formula is C12H20ClNO. The van der Waals surface area contributed by atoms with Crippen LogP contribution in [-0.4, -0.2) is 17.3 Å². The van der Waals surface area contributed by atoms with Crippen molar-refractivity contribution in [2.24, 2.45) is 5.92 Å². The second-order valence-electron chi connectivity index (χ2n) is 4.98. The summed E-state index contributed by atoms with van der Waals surface area (Å²) in [4.78, 5) is 11.7. The summed E-state index contributed by atoms with van der Waals surface area (Å²) in [7, 11) is 0. The third-order valence-electron chi connectivity index (χ3n) is 3.73. The number of hydrogen-bond donors (Lipinski definition) is 1. The van der Waals surface area contributed by atoms with Crippen LogP contribution in [0, 0.1) is 5.92 Å². The highest BCUT2D eigenvalue weighted by molar-refractivity contribution is 6.21. The van der Waals surface area contributed by atoms with Crippen LogP contribution in [0.4, 0.5) is 0 Å². The van der Waals surface area contributed by atoms with Gasteiger partial charge in [-0.1, -0.05) is 12.8 Å². The van der Waals surface area contributed by atoms with E-state index in [9.17, 15) is 4.79 Å². The molecule has 1 amide bonds. The van der Waals surface area contributed by atoms with Crippen molar-refractivity contribution < 1.29 is 4.79 Å². The molecule has 3 heteroatoms. The molecule has 2 saturated carbocycles. The van der Waals surface area contributed by atoms with E-state index in [1.807, 2.05) is 0 Å². The lowest BCUT2D eigenvalue weighted by molar-refractivity contribution is -0.122. The fourth-order valence-electron chi connectivity index (χ4n) is 2.82. The molecule has 2 fully saturated rings. The lowest BCUT2D eigenvalue weighted by Crippen LogP contribution is -2.38. The smallest absolute Gasteiger partial charge is 0.220 e. The van der Waals surface area contributed by atoms with Crippen LogP contribution < -0.4 is 5.32 Å². The van der Waals surface area contributed by atoms with Gasteiger partial charge in [-0.3, -0.25) is 4.79 Å². The minimum Gasteiger partial charge on any atom is -0.352 e. The summed E-state index contributed by atoms with van der Waals surface area (Å²) < 4.78 is 0. The van der Waals surface area contributed by atoms with Crippen LogP contribution in [0.1, 0.15) is 51.4 Å². The Labute approximate surface area is 96.8 Å². The van der Waals surface area contributed by atoms with Crippen LogP contribution in [0.15, 0.2) is 0 Å². The Morgan fingerprint density at radius 2 is 1.87 bits per heavy atom. The monoisotopic (exact) mass is 229 g/mol. The van der Waals surface area contributed by atoms with Crippen LogP contribution in [0.5, 0.6) is 0 Å². The average molecular weight is 230 g/mol. The van der Waals surface area contributed by atoms with E-state index in [0.29, 0.717) is 5.92 Å². The summed E-state index contributed by atoms with van der Waals surface area (Å²) in [6, 6.07) is 0.237. The van der Waals surface area contributed by atoms with Gasteiger partial charge in [-0.25, -0.2) is 0 Å². The number of carbonyl (C=O) groups is 1. The van der Waals surface area contributed by atoms with Crippen molar-refractivity contribution in [1.82, 2.24) is 5.32 Å². The van der Waals surface area contributed by atoms with Gasteiger partial charge in [-0.05, 0) is 38.0 Å². The molecule has 2 rings (SSSR count). The fourth-order valence-corrected chi connectivity index (χ4v) is 3.16. The Morgan fingerprint density at radius 3 is 2.47 bits per heavy atom. The van der Waals surface area contributed by atoms with Gasteiger partial charge in [0.2, 0.25) is 5.91 Å². The first-order chi connectivity index (χ1) is 7.25. The molecule has 2 atom stereocenters. The van der Waals surface area contributed by atoms with Crippen molar-refractivity contribution in [3.63, 3.8) is 0 Å². The molecule has 15 heavy (non-hydrogen) atoms. The average Bonchev–Trinajstić information content (AvgIpc) is 2.79. The van der Waals surface area contributed by atoms with E-state index in [4.69, 9.17) is 11.6 Å². The Morgan fingerprint density at radius 1 is 1.13 bits per heavy atom. The first-order valence-corrected chi connectivity index (χ1v) is 6.63. The summed E-state index contributed by atoms with van der Waals surface area (Å²) in [6.07, 6.45) is 9.08. The van der Waals surface area contributed by atoms with Crippen LogP contribution >= 0.6 is 11.6 Å². The molecule has 0 aliphatic heterocycles. The molecule has 2 aliphatic carbocycles. The number of halogens is 1. The van der Waals surface area contributed by atoms with Gasteiger partial charge in [-0.15, -0.1) is 11.6 Å². The largest absolute Gasteiger partial charge is 0.352 e. The molecule has 0 aromatic rings. The molecule has 0 bridgehead atoms. The lowest BCUT2D eigenvalue weighted by atomic mass is 10.0. The zero-order chi connectivity index (χ0) is 10.7. The van der Waals surface area contributed by atoms with Crippen molar-refractivity contribution in [2.45, 2.75) is 62.8 Å². The molecule has 0 heterocycles. The van der Waals surface area contributed by atoms with E-state index in [-0.39, 0.29) is 17.3 Å². The SMILES string of the molecule is O=C(CC1CCCC1)NC1CCCC1Cl. The van der Waals surface area contributed by atoms with Crippen molar-refractivity contribution in [1.29, 1.82) is 0 Å². The van der Waals surface area contributed by atoms with Gasteiger partial charge in [0.1, 0.15) is 0 Å². The zero-order valence-corrected chi connectivity index (χ0v) is 9.93. The van der Waals surface area contributed by atoms with E-state index in [2.05, 4.69) is 5.32 Å². The lowest BCUT2D eigenvalue weighted by Gasteiger charge is -2.17. The van der Waals surface area contributed by atoms with Gasteiger partial charge in [0.05, 0.1) is 5.38 Å². The second kappa shape index (κ2) is 5.20. The van der Waals surface area contributed by atoms with Crippen LogP contribution in [0.2, 0.25) is 0 Å². The van der Waals surface area contributed by atoms with Gasteiger partial charge in [-0.2, -0.15) is 0 Å². The Hall–Kier alpha value is -0.240. The Balaban J connectivity index is 1.71. The van der Waals surface area contributed by atoms with Crippen molar-refractivity contribution in [3.8, 4) is 0 Å². The number of amides is 1. The summed E-state index contributed by atoms with van der Waals surface area (Å²) >= 11 is 6.12. The molecule has 2 unspecified atom stereocenters. The maximum absolute atomic E-state index is 11.7. The molecular weight excluding hydrogens is 210 g/mol. The van der Waals surface area contributed by atoms with Gasteiger partial charge < -0.3 is 5.32 Å². The van der Waals surface area contributed by atoms with Gasteiger partial charge in [0, 0.05) is 12.5 Å². The molecule has 0 radical (unpaired) electrons. The number of nitrogens with one attached hydrogen (secondary N) is 1. The van der Waals surface area contributed by atoms with Crippen molar-refractivity contribution in [2.75, 3.05) is 0 Å².